The van der Waals surface area contributed by atoms with Crippen molar-refractivity contribution in [2.24, 2.45) is 0 Å². The van der Waals surface area contributed by atoms with Gasteiger partial charge in [-0.3, -0.25) is 9.89 Å². The second-order valence-corrected chi connectivity index (χ2v) is 6.06. The van der Waals surface area contributed by atoms with Crippen LogP contribution in [0.3, 0.4) is 0 Å². The number of anilines is 3. The largest absolute Gasteiger partial charge is 0.508 e. The Kier molecular flexibility index (Phi) is 4.55. The van der Waals surface area contributed by atoms with Crippen molar-refractivity contribution in [1.29, 1.82) is 0 Å². The molecule has 0 aliphatic heterocycles. The number of H-pyrrole nitrogens is 1. The third-order valence-electron chi connectivity index (χ3n) is 3.96. The Morgan fingerprint density at radius 2 is 2.04 bits per heavy atom. The number of phenols is 1. The molecular weight excluding hydrogens is 363 g/mol. The van der Waals surface area contributed by atoms with Crippen LogP contribution in [0.25, 0.3) is 10.9 Å². The van der Waals surface area contributed by atoms with Crippen molar-refractivity contribution < 1.29 is 14.3 Å². The Balaban J connectivity index is 1.45. The van der Waals surface area contributed by atoms with Crippen LogP contribution in [-0.2, 0) is 11.2 Å². The summed E-state index contributed by atoms with van der Waals surface area (Å²) in [6, 6.07) is 12.1. The minimum Gasteiger partial charge on any atom is -0.508 e. The zero-order valence-electron chi connectivity index (χ0n) is 14.5. The maximum absolute atomic E-state index is 13.2. The van der Waals surface area contributed by atoms with Gasteiger partial charge in [0.15, 0.2) is 5.82 Å². The van der Waals surface area contributed by atoms with E-state index in [0.29, 0.717) is 33.9 Å². The number of aromatic nitrogens is 4. The van der Waals surface area contributed by atoms with Crippen LogP contribution in [0.5, 0.6) is 5.75 Å². The van der Waals surface area contributed by atoms with E-state index in [1.165, 1.54) is 30.6 Å². The van der Waals surface area contributed by atoms with Gasteiger partial charge in [-0.2, -0.15) is 5.10 Å². The molecule has 1 amide bonds. The average Bonchev–Trinajstić information content (AvgIpc) is 3.08. The fraction of sp³-hybridized carbons (Fsp3) is 0.0526. The van der Waals surface area contributed by atoms with Gasteiger partial charge in [-0.25, -0.2) is 14.4 Å². The number of carbonyl (C=O) groups excluding carboxylic acids is 1. The number of nitrogens with one attached hydrogen (secondary N) is 3. The fourth-order valence-corrected chi connectivity index (χ4v) is 2.73. The molecule has 9 heteroatoms. The van der Waals surface area contributed by atoms with E-state index in [1.807, 2.05) is 0 Å². The molecule has 0 unspecified atom stereocenters. The fourth-order valence-electron chi connectivity index (χ4n) is 2.73. The highest BCUT2D eigenvalue weighted by molar-refractivity contribution is 5.92. The van der Waals surface area contributed by atoms with Crippen LogP contribution < -0.4 is 10.6 Å². The van der Waals surface area contributed by atoms with Crippen molar-refractivity contribution in [3.63, 3.8) is 0 Å². The normalized spacial score (nSPS) is 10.8. The van der Waals surface area contributed by atoms with Crippen molar-refractivity contribution in [3.8, 4) is 5.75 Å². The molecule has 0 saturated carbocycles. The minimum absolute atomic E-state index is 0.0452. The summed E-state index contributed by atoms with van der Waals surface area (Å²) in [6.45, 7) is 0. The van der Waals surface area contributed by atoms with Crippen molar-refractivity contribution >= 4 is 34.1 Å². The number of phenolic OH excluding ortho intramolecular Hbond substituents is 1. The van der Waals surface area contributed by atoms with E-state index in [4.69, 9.17) is 0 Å². The topological polar surface area (TPSA) is 116 Å². The average molecular weight is 378 g/mol. The van der Waals surface area contributed by atoms with Crippen molar-refractivity contribution in [1.82, 2.24) is 20.2 Å². The third-order valence-corrected chi connectivity index (χ3v) is 3.96. The molecule has 28 heavy (non-hydrogen) atoms. The lowest BCUT2D eigenvalue weighted by molar-refractivity contribution is -0.115. The van der Waals surface area contributed by atoms with Gasteiger partial charge in [0.25, 0.3) is 0 Å². The van der Waals surface area contributed by atoms with Gasteiger partial charge in [0, 0.05) is 28.9 Å². The van der Waals surface area contributed by atoms with E-state index < -0.39 is 5.82 Å². The second-order valence-electron chi connectivity index (χ2n) is 6.06. The number of nitrogens with zero attached hydrogens (tertiary/aromatic N) is 3. The Morgan fingerprint density at radius 1 is 1.14 bits per heavy atom. The molecule has 0 aliphatic carbocycles. The highest BCUT2D eigenvalue weighted by Crippen LogP contribution is 2.25. The first kappa shape index (κ1) is 17.4. The summed E-state index contributed by atoms with van der Waals surface area (Å²) in [5.41, 5.74) is 1.55. The Labute approximate surface area is 158 Å². The molecule has 0 aliphatic rings. The van der Waals surface area contributed by atoms with Gasteiger partial charge in [0.05, 0.1) is 11.9 Å². The van der Waals surface area contributed by atoms with Crippen molar-refractivity contribution in [3.05, 3.63) is 66.4 Å². The summed E-state index contributed by atoms with van der Waals surface area (Å²) in [5, 5.41) is 22.9. The van der Waals surface area contributed by atoms with Gasteiger partial charge >= 0.3 is 0 Å². The van der Waals surface area contributed by atoms with E-state index in [0.717, 1.165) is 0 Å². The first-order valence-corrected chi connectivity index (χ1v) is 8.37. The molecule has 0 saturated heterocycles. The molecule has 2 aromatic carbocycles. The van der Waals surface area contributed by atoms with Crippen LogP contribution in [0.15, 0.2) is 54.9 Å². The lowest BCUT2D eigenvalue weighted by Gasteiger charge is -2.05. The van der Waals surface area contributed by atoms with Crippen LogP contribution in [0, 0.1) is 5.82 Å². The van der Waals surface area contributed by atoms with E-state index in [1.54, 1.807) is 24.3 Å². The maximum atomic E-state index is 13.2. The van der Waals surface area contributed by atoms with Gasteiger partial charge < -0.3 is 15.7 Å². The molecule has 0 radical (unpaired) electrons. The van der Waals surface area contributed by atoms with E-state index in [2.05, 4.69) is 30.8 Å². The van der Waals surface area contributed by atoms with Gasteiger partial charge in [0.1, 0.15) is 23.7 Å². The molecule has 0 atom stereocenters. The summed E-state index contributed by atoms with van der Waals surface area (Å²) < 4.78 is 13.2. The molecule has 2 aromatic heterocycles. The summed E-state index contributed by atoms with van der Waals surface area (Å²) >= 11 is 0. The van der Waals surface area contributed by atoms with Crippen LogP contribution in [0.2, 0.25) is 0 Å². The molecule has 2 heterocycles. The number of aromatic hydroxyl groups is 1. The zero-order valence-corrected chi connectivity index (χ0v) is 14.5. The maximum Gasteiger partial charge on any atom is 0.230 e. The number of rotatable bonds is 5. The summed E-state index contributed by atoms with van der Waals surface area (Å²) in [5.74, 6) is 0.386. The van der Waals surface area contributed by atoms with E-state index >= 15 is 0 Å². The lowest BCUT2D eigenvalue weighted by Crippen LogP contribution is -2.14. The molecule has 0 fully saturated rings. The Bertz CT molecular complexity index is 1160. The number of hydrogen-bond acceptors (Lipinski definition) is 6. The predicted molar refractivity (Wildman–Crippen MR) is 102 cm³/mol. The Hall–Kier alpha value is -4.01. The predicted octanol–water partition coefficient (Wildman–Crippen LogP) is 3.12. The lowest BCUT2D eigenvalue weighted by atomic mass is 10.2. The van der Waals surface area contributed by atoms with Gasteiger partial charge in [-0.15, -0.1) is 0 Å². The molecule has 4 aromatic rings. The summed E-state index contributed by atoms with van der Waals surface area (Å²) in [6.07, 6.45) is 1.42. The third kappa shape index (κ3) is 3.88. The number of amides is 1. The zero-order chi connectivity index (χ0) is 19.5. The first-order valence-electron chi connectivity index (χ1n) is 8.37. The van der Waals surface area contributed by atoms with E-state index in [9.17, 15) is 14.3 Å². The van der Waals surface area contributed by atoms with Gasteiger partial charge in [0.2, 0.25) is 5.91 Å². The number of fused-ring (bicyclic) bond motifs is 1. The monoisotopic (exact) mass is 378 g/mol. The van der Waals surface area contributed by atoms with Crippen molar-refractivity contribution in [2.75, 3.05) is 10.6 Å². The number of hydrogen-bond donors (Lipinski definition) is 4. The molecule has 4 N–H and O–H groups in total. The Morgan fingerprint density at radius 3 is 2.89 bits per heavy atom. The summed E-state index contributed by atoms with van der Waals surface area (Å²) in [7, 11) is 0. The number of carbonyl (C=O) groups is 1. The number of benzene rings is 2. The smallest absolute Gasteiger partial charge is 0.230 e. The SMILES string of the molecule is O=C(Cc1cc(Nc2ncnc3cc(O)ccc23)n[nH]1)Nc1cccc(F)c1. The van der Waals surface area contributed by atoms with Crippen molar-refractivity contribution in [2.45, 2.75) is 6.42 Å². The van der Waals surface area contributed by atoms with Crippen LogP contribution >= 0.6 is 0 Å². The summed E-state index contributed by atoms with van der Waals surface area (Å²) in [4.78, 5) is 20.4. The molecule has 4 rings (SSSR count). The number of halogens is 1. The molecule has 140 valence electrons. The van der Waals surface area contributed by atoms with E-state index in [-0.39, 0.29) is 18.1 Å². The molecule has 0 spiro atoms. The quantitative estimate of drug-likeness (QED) is 0.424. The van der Waals surface area contributed by atoms with Crippen LogP contribution in [-0.4, -0.2) is 31.2 Å². The van der Waals surface area contributed by atoms with Crippen LogP contribution in [0.1, 0.15) is 5.69 Å². The second kappa shape index (κ2) is 7.31. The molecule has 0 bridgehead atoms. The molecular formula is C19H15FN6O2. The first-order chi connectivity index (χ1) is 13.6. The van der Waals surface area contributed by atoms with Gasteiger partial charge in [-0.1, -0.05) is 6.07 Å². The standard InChI is InChI=1S/C19H15FN6O2/c20-11-2-1-3-12(6-11)23-18(28)8-13-7-17(26-25-13)24-19-15-5-4-14(27)9-16(15)21-10-22-19/h1-7,9-10,27H,8H2,(H,23,28)(H2,21,22,24,25,26). The van der Waals surface area contributed by atoms with Crippen LogP contribution in [0.4, 0.5) is 21.7 Å². The number of aromatic amines is 1. The minimum atomic E-state index is -0.420. The highest BCUT2D eigenvalue weighted by Gasteiger charge is 2.10. The highest BCUT2D eigenvalue weighted by atomic mass is 19.1. The molecule has 8 nitrogen and oxygen atoms in total. The van der Waals surface area contributed by atoms with Gasteiger partial charge in [-0.05, 0) is 30.3 Å².